The van der Waals surface area contributed by atoms with Gasteiger partial charge in [-0.05, 0) is 43.9 Å². The van der Waals surface area contributed by atoms with Crippen LogP contribution in [-0.2, 0) is 14.6 Å². The standard InChI is InChI=1S/C20H27N3O3S2/c1-14-7-8-17-18(11-14)22-20(21-17)27-12-19(24)23(15-5-3-2-4-6-15)16-9-10-28(25,26)13-16/h7-8,11,15-16H,2-6,9-10,12-13H2,1H3,(H,21,22). The van der Waals surface area contributed by atoms with Crippen molar-refractivity contribution < 1.29 is 13.2 Å². The topological polar surface area (TPSA) is 83.1 Å². The van der Waals surface area contributed by atoms with Crippen molar-refractivity contribution >= 4 is 38.5 Å². The Balaban J connectivity index is 1.48. The number of aromatic amines is 1. The fraction of sp³-hybridized carbons (Fsp3) is 0.600. The van der Waals surface area contributed by atoms with Crippen LogP contribution in [0.25, 0.3) is 11.0 Å². The molecule has 4 rings (SSSR count). The van der Waals surface area contributed by atoms with E-state index in [1.165, 1.54) is 18.2 Å². The van der Waals surface area contributed by atoms with E-state index in [9.17, 15) is 13.2 Å². The number of H-pyrrole nitrogens is 1. The lowest BCUT2D eigenvalue weighted by atomic mass is 9.93. The molecule has 2 heterocycles. The lowest BCUT2D eigenvalue weighted by molar-refractivity contribution is -0.133. The number of benzene rings is 1. The number of amides is 1. The van der Waals surface area contributed by atoms with Crippen LogP contribution >= 0.6 is 11.8 Å². The van der Waals surface area contributed by atoms with Crippen LogP contribution in [0.2, 0.25) is 0 Å². The van der Waals surface area contributed by atoms with Crippen LogP contribution < -0.4 is 0 Å². The molecule has 1 aliphatic carbocycles. The molecular formula is C20H27N3O3S2. The third kappa shape index (κ3) is 4.38. The van der Waals surface area contributed by atoms with Gasteiger partial charge in [0, 0.05) is 12.1 Å². The minimum Gasteiger partial charge on any atom is -0.335 e. The van der Waals surface area contributed by atoms with E-state index in [2.05, 4.69) is 9.97 Å². The number of fused-ring (bicyclic) bond motifs is 1. The van der Waals surface area contributed by atoms with Crippen LogP contribution in [0, 0.1) is 6.92 Å². The summed E-state index contributed by atoms with van der Waals surface area (Å²) in [5.41, 5.74) is 3.03. The normalized spacial score (nSPS) is 22.5. The number of carbonyl (C=O) groups excluding carboxylic acids is 1. The first kappa shape index (κ1) is 19.8. The molecule has 2 fully saturated rings. The van der Waals surface area contributed by atoms with E-state index in [-0.39, 0.29) is 35.2 Å². The largest absolute Gasteiger partial charge is 0.335 e. The van der Waals surface area contributed by atoms with Gasteiger partial charge in [0.15, 0.2) is 15.0 Å². The van der Waals surface area contributed by atoms with E-state index in [4.69, 9.17) is 0 Å². The summed E-state index contributed by atoms with van der Waals surface area (Å²) in [6.07, 6.45) is 5.97. The van der Waals surface area contributed by atoms with Crippen LogP contribution in [0.5, 0.6) is 0 Å². The van der Waals surface area contributed by atoms with E-state index in [1.807, 2.05) is 30.0 Å². The Morgan fingerprint density at radius 2 is 2.00 bits per heavy atom. The summed E-state index contributed by atoms with van der Waals surface area (Å²) in [4.78, 5) is 22.9. The van der Waals surface area contributed by atoms with Gasteiger partial charge in [-0.3, -0.25) is 4.79 Å². The number of hydrogen-bond donors (Lipinski definition) is 1. The Bertz CT molecular complexity index is 964. The average molecular weight is 422 g/mol. The van der Waals surface area contributed by atoms with Crippen LogP contribution in [-0.4, -0.2) is 58.5 Å². The molecule has 1 amide bonds. The molecule has 6 nitrogen and oxygen atoms in total. The van der Waals surface area contributed by atoms with Gasteiger partial charge in [0.1, 0.15) is 0 Å². The van der Waals surface area contributed by atoms with Crippen molar-refractivity contribution in [3.63, 3.8) is 0 Å². The Kier molecular flexibility index (Phi) is 5.69. The van der Waals surface area contributed by atoms with Gasteiger partial charge in [0.2, 0.25) is 5.91 Å². The van der Waals surface area contributed by atoms with E-state index in [1.54, 1.807) is 0 Å². The van der Waals surface area contributed by atoms with Crippen molar-refractivity contribution in [1.82, 2.24) is 14.9 Å². The van der Waals surface area contributed by atoms with Crippen molar-refractivity contribution in [3.05, 3.63) is 23.8 Å². The molecule has 1 aliphatic heterocycles. The first-order chi connectivity index (χ1) is 13.4. The summed E-state index contributed by atoms with van der Waals surface area (Å²) < 4.78 is 24.0. The summed E-state index contributed by atoms with van der Waals surface area (Å²) in [5.74, 6) is 0.635. The molecule has 1 N–H and O–H groups in total. The van der Waals surface area contributed by atoms with Crippen LogP contribution in [0.4, 0.5) is 0 Å². The predicted octanol–water partition coefficient (Wildman–Crippen LogP) is 3.31. The molecule has 2 aromatic rings. The van der Waals surface area contributed by atoms with Gasteiger partial charge in [-0.25, -0.2) is 13.4 Å². The quantitative estimate of drug-likeness (QED) is 0.749. The van der Waals surface area contributed by atoms with Gasteiger partial charge in [-0.1, -0.05) is 37.1 Å². The summed E-state index contributed by atoms with van der Waals surface area (Å²) in [5, 5.41) is 0.733. The highest BCUT2D eigenvalue weighted by Gasteiger charge is 2.38. The number of nitrogens with one attached hydrogen (secondary N) is 1. The van der Waals surface area contributed by atoms with Gasteiger partial charge in [-0.15, -0.1) is 0 Å². The first-order valence-corrected chi connectivity index (χ1v) is 12.8. The molecule has 8 heteroatoms. The molecule has 0 radical (unpaired) electrons. The second-order valence-electron chi connectivity index (χ2n) is 8.00. The van der Waals surface area contributed by atoms with Crippen molar-refractivity contribution in [3.8, 4) is 0 Å². The number of aryl methyl sites for hydroxylation is 1. The third-order valence-corrected chi connectivity index (χ3v) is 8.41. The molecule has 1 unspecified atom stereocenters. The maximum Gasteiger partial charge on any atom is 0.233 e. The number of aromatic nitrogens is 2. The Morgan fingerprint density at radius 3 is 2.71 bits per heavy atom. The van der Waals surface area contributed by atoms with Crippen LogP contribution in [0.3, 0.4) is 0 Å². The number of hydrogen-bond acceptors (Lipinski definition) is 5. The SMILES string of the molecule is Cc1ccc2nc(SCC(=O)N(C3CCCCC3)C3CCS(=O)(=O)C3)[nH]c2c1. The number of rotatable bonds is 5. The van der Waals surface area contributed by atoms with Gasteiger partial charge < -0.3 is 9.88 Å². The molecule has 1 atom stereocenters. The first-order valence-electron chi connectivity index (χ1n) is 10.0. The zero-order chi connectivity index (χ0) is 19.7. The van der Waals surface area contributed by atoms with Crippen molar-refractivity contribution in [2.24, 2.45) is 0 Å². The second kappa shape index (κ2) is 8.06. The molecule has 28 heavy (non-hydrogen) atoms. The molecule has 152 valence electrons. The van der Waals surface area contributed by atoms with Gasteiger partial charge in [-0.2, -0.15) is 0 Å². The number of sulfone groups is 1. The summed E-state index contributed by atoms with van der Waals surface area (Å²) in [7, 11) is -3.02. The molecule has 1 aromatic carbocycles. The van der Waals surface area contributed by atoms with Gasteiger partial charge >= 0.3 is 0 Å². The van der Waals surface area contributed by atoms with E-state index in [0.29, 0.717) is 6.42 Å². The van der Waals surface area contributed by atoms with Crippen LogP contribution in [0.1, 0.15) is 44.1 Å². The minimum absolute atomic E-state index is 0.0376. The summed E-state index contributed by atoms with van der Waals surface area (Å²) >= 11 is 1.40. The fourth-order valence-corrected chi connectivity index (χ4v) is 6.90. The summed E-state index contributed by atoms with van der Waals surface area (Å²) in [6, 6.07) is 6.06. The maximum absolute atomic E-state index is 13.2. The van der Waals surface area contributed by atoms with E-state index in [0.717, 1.165) is 47.4 Å². The highest BCUT2D eigenvalue weighted by molar-refractivity contribution is 7.99. The van der Waals surface area contributed by atoms with E-state index >= 15 is 0 Å². The molecule has 1 saturated carbocycles. The second-order valence-corrected chi connectivity index (χ2v) is 11.2. The Hall–Kier alpha value is -1.54. The average Bonchev–Trinajstić information content (AvgIpc) is 3.23. The molecule has 1 aromatic heterocycles. The number of carbonyl (C=O) groups is 1. The lowest BCUT2D eigenvalue weighted by Crippen LogP contribution is -2.49. The van der Waals surface area contributed by atoms with Gasteiger partial charge in [0.05, 0.1) is 28.3 Å². The van der Waals surface area contributed by atoms with Crippen molar-refractivity contribution in [2.75, 3.05) is 17.3 Å². The number of thioether (sulfide) groups is 1. The third-order valence-electron chi connectivity index (χ3n) is 5.81. The molecule has 1 saturated heterocycles. The van der Waals surface area contributed by atoms with Crippen molar-refractivity contribution in [2.45, 2.75) is 62.7 Å². The van der Waals surface area contributed by atoms with Gasteiger partial charge in [0.25, 0.3) is 0 Å². The molecule has 0 spiro atoms. The molecule has 0 bridgehead atoms. The maximum atomic E-state index is 13.2. The fourth-order valence-electron chi connectivity index (χ4n) is 4.43. The number of nitrogens with zero attached hydrogens (tertiary/aromatic N) is 2. The highest BCUT2D eigenvalue weighted by atomic mass is 32.2. The number of imidazole rings is 1. The van der Waals surface area contributed by atoms with E-state index < -0.39 is 9.84 Å². The summed E-state index contributed by atoms with van der Waals surface area (Å²) in [6.45, 7) is 2.04. The zero-order valence-electron chi connectivity index (χ0n) is 16.2. The minimum atomic E-state index is -3.02. The molecule has 2 aliphatic rings. The van der Waals surface area contributed by atoms with Crippen LogP contribution in [0.15, 0.2) is 23.4 Å². The highest BCUT2D eigenvalue weighted by Crippen LogP contribution is 2.30. The monoisotopic (exact) mass is 421 g/mol. The Labute approximate surface area is 170 Å². The predicted molar refractivity (Wildman–Crippen MR) is 112 cm³/mol. The van der Waals surface area contributed by atoms with Crippen molar-refractivity contribution in [1.29, 1.82) is 0 Å². The lowest BCUT2D eigenvalue weighted by Gasteiger charge is -2.38. The smallest absolute Gasteiger partial charge is 0.233 e. The zero-order valence-corrected chi connectivity index (χ0v) is 17.8. The Morgan fingerprint density at radius 1 is 1.21 bits per heavy atom. The molecular weight excluding hydrogens is 394 g/mol.